The molecule has 0 aromatic carbocycles. The van der Waals surface area contributed by atoms with Gasteiger partial charge in [0, 0.05) is 6.20 Å². The fourth-order valence-corrected chi connectivity index (χ4v) is 0.835. The summed E-state index contributed by atoms with van der Waals surface area (Å²) in [5.41, 5.74) is 1.27. The minimum absolute atomic E-state index is 0.361. The van der Waals surface area contributed by atoms with Crippen LogP contribution in [-0.2, 0) is 0 Å². The predicted molar refractivity (Wildman–Crippen MR) is 36.7 cm³/mol. The van der Waals surface area contributed by atoms with Crippen molar-refractivity contribution in [2.24, 2.45) is 0 Å². The van der Waals surface area contributed by atoms with Gasteiger partial charge in [-0.05, 0) is 0 Å². The fourth-order valence-electron chi connectivity index (χ4n) is 0.707. The van der Waals surface area contributed by atoms with E-state index in [9.17, 15) is 0 Å². The average Bonchev–Trinajstić information content (AvgIpc) is 2.33. The van der Waals surface area contributed by atoms with Crippen molar-refractivity contribution >= 4 is 22.8 Å². The molecule has 0 saturated heterocycles. The molecule has 0 fully saturated rings. The van der Waals surface area contributed by atoms with E-state index in [1.165, 1.54) is 6.20 Å². The van der Waals surface area contributed by atoms with Gasteiger partial charge in [0.05, 0.1) is 6.20 Å². The first kappa shape index (κ1) is 5.61. The van der Waals surface area contributed by atoms with E-state index < -0.39 is 0 Å². The Morgan fingerprint density at radius 2 is 2.40 bits per heavy atom. The molecule has 0 bridgehead atoms. The number of halogens is 1. The fraction of sp³-hybridized carbons (Fsp3) is 0. The second-order valence-corrected chi connectivity index (χ2v) is 2.17. The van der Waals surface area contributed by atoms with Crippen LogP contribution >= 0.6 is 11.6 Å². The zero-order valence-electron chi connectivity index (χ0n) is 4.87. The van der Waals surface area contributed by atoms with Crippen LogP contribution in [0.4, 0.5) is 0 Å². The predicted octanol–water partition coefficient (Wildman–Crippen LogP) is 1.01. The van der Waals surface area contributed by atoms with E-state index in [1.807, 2.05) is 0 Å². The third kappa shape index (κ3) is 0.733. The van der Waals surface area contributed by atoms with Gasteiger partial charge in [0.1, 0.15) is 10.7 Å². The quantitative estimate of drug-likeness (QED) is 0.616. The number of nitrogens with zero attached hydrogens (tertiary/aromatic N) is 3. The Morgan fingerprint density at radius 1 is 1.50 bits per heavy atom. The molecule has 2 aromatic heterocycles. The van der Waals surface area contributed by atoms with Crippen LogP contribution in [0.15, 0.2) is 12.4 Å². The maximum atomic E-state index is 5.55. The van der Waals surface area contributed by atoms with Crippen molar-refractivity contribution in [3.8, 4) is 0 Å². The van der Waals surface area contributed by atoms with E-state index in [-0.39, 0.29) is 0 Å². The molecule has 0 amide bonds. The zero-order chi connectivity index (χ0) is 6.97. The topological polar surface area (TPSA) is 54.5 Å². The number of fused-ring (bicyclic) bond motifs is 1. The van der Waals surface area contributed by atoms with Gasteiger partial charge in [0.25, 0.3) is 0 Å². The molecule has 1 N–H and O–H groups in total. The molecule has 0 atom stereocenters. The molecule has 10 heavy (non-hydrogen) atoms. The first-order valence-electron chi connectivity index (χ1n) is 2.68. The number of rotatable bonds is 0. The Morgan fingerprint density at radius 3 is 3.30 bits per heavy atom. The lowest BCUT2D eigenvalue weighted by atomic mass is 10.6. The number of nitrogens with one attached hydrogen (secondary N) is 1. The first-order valence-corrected chi connectivity index (χ1v) is 3.06. The number of hydrogen-bond acceptors (Lipinski definition) is 3. The lowest BCUT2D eigenvalue weighted by Crippen LogP contribution is -1.79. The second kappa shape index (κ2) is 1.91. The van der Waals surface area contributed by atoms with Crippen molar-refractivity contribution in [2.75, 3.05) is 0 Å². The third-order valence-corrected chi connectivity index (χ3v) is 1.31. The number of aromatic amines is 1. The third-order valence-electron chi connectivity index (χ3n) is 1.12. The van der Waals surface area contributed by atoms with Gasteiger partial charge in [-0.3, -0.25) is 5.10 Å². The summed E-state index contributed by atoms with van der Waals surface area (Å²) in [7, 11) is 0. The summed E-state index contributed by atoms with van der Waals surface area (Å²) < 4.78 is 0. The Balaban J connectivity index is 2.86. The molecule has 2 rings (SSSR count). The maximum Gasteiger partial charge on any atom is 0.201 e. The van der Waals surface area contributed by atoms with Crippen molar-refractivity contribution in [1.82, 2.24) is 20.2 Å². The highest BCUT2D eigenvalue weighted by molar-refractivity contribution is 6.29. The molecule has 5 heteroatoms. The van der Waals surface area contributed by atoms with Crippen LogP contribution in [0.1, 0.15) is 0 Å². The van der Waals surface area contributed by atoms with Gasteiger partial charge in [0.2, 0.25) is 5.65 Å². The summed E-state index contributed by atoms with van der Waals surface area (Å²) >= 11 is 5.55. The van der Waals surface area contributed by atoms with Crippen molar-refractivity contribution in [3.05, 3.63) is 17.5 Å². The van der Waals surface area contributed by atoms with Crippen molar-refractivity contribution in [2.45, 2.75) is 0 Å². The lowest BCUT2D eigenvalue weighted by Gasteiger charge is -1.84. The molecule has 0 saturated carbocycles. The summed E-state index contributed by atoms with van der Waals surface area (Å²) in [4.78, 5) is 7.85. The number of hydrogen-bond donors (Lipinski definition) is 1. The summed E-state index contributed by atoms with van der Waals surface area (Å²) in [5, 5.41) is 6.79. The van der Waals surface area contributed by atoms with Gasteiger partial charge in [-0.1, -0.05) is 11.6 Å². The van der Waals surface area contributed by atoms with Crippen molar-refractivity contribution in [1.29, 1.82) is 0 Å². The monoisotopic (exact) mass is 154 g/mol. The molecule has 0 aliphatic rings. The Labute approximate surface area is 61.3 Å². The van der Waals surface area contributed by atoms with Gasteiger partial charge in [0.15, 0.2) is 0 Å². The molecule has 0 radical (unpaired) electrons. The number of aromatic nitrogens is 4. The summed E-state index contributed by atoms with van der Waals surface area (Å²) in [6, 6.07) is 0. The van der Waals surface area contributed by atoms with Crippen LogP contribution in [-0.4, -0.2) is 20.2 Å². The molecule has 0 spiro atoms. The SMILES string of the molecule is Clc1cnc2c[nH]nc2n1. The van der Waals surface area contributed by atoms with E-state index in [4.69, 9.17) is 11.6 Å². The Kier molecular flexibility index (Phi) is 1.07. The molecule has 0 aliphatic heterocycles. The zero-order valence-corrected chi connectivity index (χ0v) is 5.63. The molecule has 0 unspecified atom stereocenters. The van der Waals surface area contributed by atoms with Gasteiger partial charge in [-0.15, -0.1) is 0 Å². The van der Waals surface area contributed by atoms with Gasteiger partial charge in [-0.25, -0.2) is 9.97 Å². The first-order chi connectivity index (χ1) is 4.86. The molecule has 2 heterocycles. The van der Waals surface area contributed by atoms with Crippen molar-refractivity contribution in [3.63, 3.8) is 0 Å². The molecule has 4 nitrogen and oxygen atoms in total. The molecule has 2 aromatic rings. The highest BCUT2D eigenvalue weighted by Crippen LogP contribution is 2.07. The summed E-state index contributed by atoms with van der Waals surface area (Å²) in [6.45, 7) is 0. The Hall–Kier alpha value is -1.16. The average molecular weight is 155 g/mol. The highest BCUT2D eigenvalue weighted by atomic mass is 35.5. The normalized spacial score (nSPS) is 10.5. The lowest BCUT2D eigenvalue weighted by molar-refractivity contribution is 1.10. The Bertz CT molecular complexity index is 355. The van der Waals surface area contributed by atoms with Gasteiger partial charge in [-0.2, -0.15) is 5.10 Å². The summed E-state index contributed by atoms with van der Waals surface area (Å²) in [5.74, 6) is 0. The summed E-state index contributed by atoms with van der Waals surface area (Å²) in [6.07, 6.45) is 3.15. The maximum absolute atomic E-state index is 5.55. The van der Waals surface area contributed by atoms with Crippen LogP contribution in [0, 0.1) is 0 Å². The molecular weight excluding hydrogens is 152 g/mol. The van der Waals surface area contributed by atoms with Crippen LogP contribution < -0.4 is 0 Å². The molecular formula is C5H3ClN4. The number of H-pyrrole nitrogens is 1. The van der Waals surface area contributed by atoms with E-state index in [2.05, 4.69) is 20.2 Å². The van der Waals surface area contributed by atoms with Crippen LogP contribution in [0.2, 0.25) is 5.15 Å². The van der Waals surface area contributed by atoms with E-state index >= 15 is 0 Å². The molecule has 50 valence electrons. The van der Waals surface area contributed by atoms with Crippen molar-refractivity contribution < 1.29 is 0 Å². The highest BCUT2D eigenvalue weighted by Gasteiger charge is 1.97. The van der Waals surface area contributed by atoms with Gasteiger partial charge < -0.3 is 0 Å². The van der Waals surface area contributed by atoms with Crippen LogP contribution in [0.25, 0.3) is 11.2 Å². The van der Waals surface area contributed by atoms with E-state index in [0.717, 1.165) is 5.52 Å². The van der Waals surface area contributed by atoms with Gasteiger partial charge >= 0.3 is 0 Å². The second-order valence-electron chi connectivity index (χ2n) is 1.79. The smallest absolute Gasteiger partial charge is 0.201 e. The minimum Gasteiger partial charge on any atom is -0.281 e. The molecule has 0 aliphatic carbocycles. The van der Waals surface area contributed by atoms with Crippen LogP contribution in [0.3, 0.4) is 0 Å². The van der Waals surface area contributed by atoms with E-state index in [0.29, 0.717) is 10.8 Å². The standard InChI is InChI=1S/C5H3ClN4/c6-4-2-7-3-1-8-10-5(3)9-4/h1-2H,(H,8,9,10). The minimum atomic E-state index is 0.361. The van der Waals surface area contributed by atoms with Crippen LogP contribution in [0.5, 0.6) is 0 Å². The largest absolute Gasteiger partial charge is 0.281 e. The van der Waals surface area contributed by atoms with E-state index in [1.54, 1.807) is 6.20 Å².